The van der Waals surface area contributed by atoms with E-state index in [0.717, 1.165) is 16.7 Å². The van der Waals surface area contributed by atoms with Crippen molar-refractivity contribution in [2.24, 2.45) is 0 Å². The molecule has 0 N–H and O–H groups in total. The van der Waals surface area contributed by atoms with Crippen molar-refractivity contribution in [2.45, 2.75) is 63.5 Å². The maximum Gasteiger partial charge on any atom is 0.231 e. The van der Waals surface area contributed by atoms with Crippen molar-refractivity contribution in [2.75, 3.05) is 19.5 Å². The van der Waals surface area contributed by atoms with Gasteiger partial charge in [-0.3, -0.25) is 4.79 Å². The molecule has 2 heterocycles. The van der Waals surface area contributed by atoms with E-state index in [1.54, 1.807) is 7.11 Å². The van der Waals surface area contributed by atoms with Gasteiger partial charge in [-0.2, -0.15) is 5.10 Å². The first-order valence-corrected chi connectivity index (χ1v) is 11.9. The van der Waals surface area contributed by atoms with Gasteiger partial charge in [0.15, 0.2) is 15.6 Å². The van der Waals surface area contributed by atoms with Crippen molar-refractivity contribution in [3.8, 4) is 5.88 Å². The second-order valence-electron chi connectivity index (χ2n) is 8.36. The van der Waals surface area contributed by atoms with Crippen molar-refractivity contribution in [3.05, 3.63) is 41.1 Å². The zero-order valence-corrected chi connectivity index (χ0v) is 19.0. The minimum Gasteiger partial charge on any atom is -0.474 e. The number of fused-ring (bicyclic) bond motifs is 1. The number of carbonyl (C=O) groups is 1. The monoisotopic (exact) mass is 434 g/mol. The highest BCUT2D eigenvalue weighted by atomic mass is 32.2. The summed E-state index contributed by atoms with van der Waals surface area (Å²) in [6, 6.07) is 6.03. The average Bonchev–Trinajstić information content (AvgIpc) is 3.11. The number of ketones is 1. The number of aromatic nitrogens is 2. The molecular formula is C22H30N2O5S. The van der Waals surface area contributed by atoms with Gasteiger partial charge in [-0.15, -0.1) is 0 Å². The molecule has 2 aromatic rings. The van der Waals surface area contributed by atoms with Gasteiger partial charge >= 0.3 is 0 Å². The molecule has 1 aliphatic rings. The summed E-state index contributed by atoms with van der Waals surface area (Å²) in [7, 11) is -2.30. The first-order chi connectivity index (χ1) is 14.1. The fourth-order valence-electron chi connectivity index (χ4n) is 3.85. The van der Waals surface area contributed by atoms with Crippen LogP contribution >= 0.6 is 0 Å². The lowest BCUT2D eigenvalue weighted by Crippen LogP contribution is -2.32. The molecule has 0 saturated carbocycles. The molecule has 0 fully saturated rings. The van der Waals surface area contributed by atoms with Crippen LogP contribution in [0.3, 0.4) is 0 Å². The molecule has 3 rings (SSSR count). The third-order valence-corrected chi connectivity index (χ3v) is 7.08. The molecule has 1 aromatic carbocycles. The molecule has 0 saturated heterocycles. The molecule has 8 heteroatoms. The van der Waals surface area contributed by atoms with Crippen LogP contribution in [0.1, 0.15) is 56.2 Å². The average molecular weight is 435 g/mol. The number of sulfone groups is 1. The van der Waals surface area contributed by atoms with Crippen molar-refractivity contribution < 1.29 is 22.7 Å². The standard InChI is InChI=1S/C22H30N2O5S/c1-14(2)18-7-6-8-19(15(3)4)20(18)9-16(25)13-30(26,27)21-10-23-24-11-17(28-5)12-29-22(21)24/h6-8,10,14-15,17H,9,11-13H2,1-5H3. The molecule has 1 atom stereocenters. The molecule has 0 bridgehead atoms. The topological polar surface area (TPSA) is 87.5 Å². The number of carbonyl (C=O) groups excluding carboxylic acids is 1. The first-order valence-electron chi connectivity index (χ1n) is 10.2. The second-order valence-corrected chi connectivity index (χ2v) is 10.3. The number of hydrogen-bond donors (Lipinski definition) is 0. The minimum atomic E-state index is -3.87. The van der Waals surface area contributed by atoms with Gasteiger partial charge < -0.3 is 9.47 Å². The summed E-state index contributed by atoms with van der Waals surface area (Å²) in [6.07, 6.45) is 1.17. The molecule has 0 aliphatic carbocycles. The minimum absolute atomic E-state index is 0.0355. The summed E-state index contributed by atoms with van der Waals surface area (Å²) >= 11 is 0. The van der Waals surface area contributed by atoms with Crippen LogP contribution in [-0.2, 0) is 32.3 Å². The number of methoxy groups -OCH3 is 1. The van der Waals surface area contributed by atoms with E-state index in [9.17, 15) is 13.2 Å². The lowest BCUT2D eigenvalue weighted by molar-refractivity contribution is -0.116. The molecule has 1 aromatic heterocycles. The molecule has 164 valence electrons. The number of hydrogen-bond acceptors (Lipinski definition) is 6. The van der Waals surface area contributed by atoms with Crippen LogP contribution in [0.5, 0.6) is 5.88 Å². The Hall–Kier alpha value is -2.19. The van der Waals surface area contributed by atoms with Gasteiger partial charge in [-0.1, -0.05) is 45.9 Å². The summed E-state index contributed by atoms with van der Waals surface area (Å²) in [5.74, 6) is -0.245. The summed E-state index contributed by atoms with van der Waals surface area (Å²) < 4.78 is 38.2. The van der Waals surface area contributed by atoms with Crippen molar-refractivity contribution in [1.82, 2.24) is 9.78 Å². The van der Waals surface area contributed by atoms with Crippen LogP contribution in [0.2, 0.25) is 0 Å². The van der Waals surface area contributed by atoms with Crippen molar-refractivity contribution in [1.29, 1.82) is 0 Å². The predicted molar refractivity (Wildman–Crippen MR) is 114 cm³/mol. The SMILES string of the molecule is COC1COc2c(S(=O)(=O)CC(=O)Cc3c(C(C)C)cccc3C(C)C)cnn2C1. The Morgan fingerprint density at radius 3 is 2.43 bits per heavy atom. The van der Waals surface area contributed by atoms with Crippen LogP contribution in [0.15, 0.2) is 29.3 Å². The zero-order valence-electron chi connectivity index (χ0n) is 18.2. The Labute approximate surface area is 178 Å². The quantitative estimate of drug-likeness (QED) is 0.634. The largest absolute Gasteiger partial charge is 0.474 e. The van der Waals surface area contributed by atoms with Crippen molar-refractivity contribution in [3.63, 3.8) is 0 Å². The fraction of sp³-hybridized carbons (Fsp3) is 0.545. The number of nitrogens with zero attached hydrogens (tertiary/aromatic N) is 2. The van der Waals surface area contributed by atoms with E-state index in [4.69, 9.17) is 9.47 Å². The molecule has 0 radical (unpaired) electrons. The van der Waals surface area contributed by atoms with Crippen LogP contribution in [-0.4, -0.2) is 49.6 Å². The third-order valence-electron chi connectivity index (χ3n) is 5.43. The normalized spacial score (nSPS) is 16.6. The maximum absolute atomic E-state index is 13.0. The smallest absolute Gasteiger partial charge is 0.231 e. The van der Waals surface area contributed by atoms with Crippen LogP contribution in [0.4, 0.5) is 0 Å². The van der Waals surface area contributed by atoms with Gasteiger partial charge in [0.1, 0.15) is 23.4 Å². The van der Waals surface area contributed by atoms with E-state index in [1.165, 1.54) is 10.9 Å². The van der Waals surface area contributed by atoms with E-state index in [-0.39, 0.29) is 47.5 Å². The Kier molecular flexibility index (Phi) is 6.67. The Morgan fingerprint density at radius 2 is 1.87 bits per heavy atom. The van der Waals surface area contributed by atoms with Gasteiger partial charge in [-0.05, 0) is 28.5 Å². The summed E-state index contributed by atoms with van der Waals surface area (Å²) in [4.78, 5) is 12.8. The van der Waals surface area contributed by atoms with Crippen LogP contribution in [0.25, 0.3) is 0 Å². The lowest BCUT2D eigenvalue weighted by atomic mass is 9.86. The van der Waals surface area contributed by atoms with Gasteiger partial charge in [0.25, 0.3) is 0 Å². The van der Waals surface area contributed by atoms with Gasteiger partial charge in [-0.25, -0.2) is 13.1 Å². The van der Waals surface area contributed by atoms with Crippen LogP contribution in [0, 0.1) is 0 Å². The zero-order chi connectivity index (χ0) is 22.1. The van der Waals surface area contributed by atoms with Crippen molar-refractivity contribution >= 4 is 15.6 Å². The van der Waals surface area contributed by atoms with E-state index in [2.05, 4.69) is 32.8 Å². The maximum atomic E-state index is 13.0. The van der Waals surface area contributed by atoms with Gasteiger partial charge in [0.2, 0.25) is 5.88 Å². The molecule has 30 heavy (non-hydrogen) atoms. The number of Topliss-reactive ketones (excluding diaryl/α,β-unsaturated/α-hetero) is 1. The molecule has 1 aliphatic heterocycles. The predicted octanol–water partition coefficient (Wildman–Crippen LogP) is 3.12. The molecule has 7 nitrogen and oxygen atoms in total. The Balaban J connectivity index is 1.83. The Bertz CT molecular complexity index is 998. The van der Waals surface area contributed by atoms with E-state index < -0.39 is 15.6 Å². The lowest BCUT2D eigenvalue weighted by Gasteiger charge is -2.23. The van der Waals surface area contributed by atoms with Gasteiger partial charge in [0.05, 0.1) is 12.7 Å². The fourth-order valence-corrected chi connectivity index (χ4v) is 5.17. The number of benzene rings is 1. The van der Waals surface area contributed by atoms with E-state index in [0.29, 0.717) is 6.54 Å². The Morgan fingerprint density at radius 1 is 1.23 bits per heavy atom. The van der Waals surface area contributed by atoms with E-state index in [1.807, 2.05) is 18.2 Å². The summed E-state index contributed by atoms with van der Waals surface area (Å²) in [6.45, 7) is 8.97. The molecular weight excluding hydrogens is 404 g/mol. The third kappa shape index (κ3) is 4.59. The first kappa shape index (κ1) is 22.5. The molecule has 0 spiro atoms. The highest BCUT2D eigenvalue weighted by Crippen LogP contribution is 2.30. The van der Waals surface area contributed by atoms with E-state index >= 15 is 0 Å². The highest BCUT2D eigenvalue weighted by Gasteiger charge is 2.31. The van der Waals surface area contributed by atoms with Crippen LogP contribution < -0.4 is 4.74 Å². The molecule has 1 unspecified atom stereocenters. The second kappa shape index (κ2) is 8.89. The summed E-state index contributed by atoms with van der Waals surface area (Å²) in [5.41, 5.74) is 3.12. The number of rotatable bonds is 8. The highest BCUT2D eigenvalue weighted by molar-refractivity contribution is 7.92. The molecule has 0 amide bonds. The summed E-state index contributed by atoms with van der Waals surface area (Å²) in [5, 5.41) is 4.11. The number of ether oxygens (including phenoxy) is 2. The van der Waals surface area contributed by atoms with Gasteiger partial charge in [0, 0.05) is 13.5 Å².